The predicted molar refractivity (Wildman–Crippen MR) is 69.5 cm³/mol. The smallest absolute Gasteiger partial charge is 0.391 e. The molecule has 1 aliphatic rings. The fourth-order valence-corrected chi connectivity index (χ4v) is 2.60. The van der Waals surface area contributed by atoms with E-state index in [2.05, 4.69) is 15.9 Å². The van der Waals surface area contributed by atoms with E-state index in [4.69, 9.17) is 5.73 Å². The Labute approximate surface area is 116 Å². The van der Waals surface area contributed by atoms with Gasteiger partial charge in [-0.15, -0.1) is 0 Å². The van der Waals surface area contributed by atoms with Crippen LogP contribution in [0.2, 0.25) is 0 Å². The topological polar surface area (TPSA) is 29.3 Å². The van der Waals surface area contributed by atoms with Gasteiger partial charge in [0.05, 0.1) is 21.8 Å². The number of rotatable bonds is 1. The van der Waals surface area contributed by atoms with E-state index in [-0.39, 0.29) is 36.1 Å². The molecule has 0 unspecified atom stereocenters. The molecule has 0 amide bonds. The Hall–Kier alpha value is -0.980. The molecule has 1 aliphatic heterocycles. The third kappa shape index (κ3) is 3.13. The van der Waals surface area contributed by atoms with Crippen LogP contribution in [0.25, 0.3) is 0 Å². The summed E-state index contributed by atoms with van der Waals surface area (Å²) in [5, 5.41) is 0. The number of alkyl halides is 3. The van der Waals surface area contributed by atoms with Crippen molar-refractivity contribution in [3.8, 4) is 0 Å². The molecule has 106 valence electrons. The number of piperidine rings is 1. The van der Waals surface area contributed by atoms with Gasteiger partial charge in [0.2, 0.25) is 0 Å². The molecular weight excluding hydrogens is 328 g/mol. The zero-order valence-electron chi connectivity index (χ0n) is 9.97. The third-order valence-electron chi connectivity index (χ3n) is 3.37. The standard InChI is InChI=1S/C12H13BrF4N2/c13-8-5-11(10(18)6-9(8)14)19-3-1-7(2-4-19)12(15,16)17/h5-7H,1-4,18H2. The fourth-order valence-electron chi connectivity index (χ4n) is 2.27. The van der Waals surface area contributed by atoms with Crippen molar-refractivity contribution in [2.45, 2.75) is 19.0 Å². The third-order valence-corrected chi connectivity index (χ3v) is 3.98. The van der Waals surface area contributed by atoms with Gasteiger partial charge in [-0.25, -0.2) is 4.39 Å². The second-order valence-electron chi connectivity index (χ2n) is 4.63. The summed E-state index contributed by atoms with van der Waals surface area (Å²) >= 11 is 3.05. The van der Waals surface area contributed by atoms with Crippen molar-refractivity contribution >= 4 is 27.3 Å². The van der Waals surface area contributed by atoms with Crippen molar-refractivity contribution in [1.82, 2.24) is 0 Å². The van der Waals surface area contributed by atoms with E-state index >= 15 is 0 Å². The van der Waals surface area contributed by atoms with Crippen LogP contribution in [-0.2, 0) is 0 Å². The number of nitrogen functional groups attached to an aromatic ring is 1. The number of halogens is 5. The van der Waals surface area contributed by atoms with Crippen molar-refractivity contribution in [2.75, 3.05) is 23.7 Å². The van der Waals surface area contributed by atoms with Gasteiger partial charge < -0.3 is 10.6 Å². The van der Waals surface area contributed by atoms with Crippen LogP contribution < -0.4 is 10.6 Å². The van der Waals surface area contributed by atoms with Crippen LogP contribution in [0.3, 0.4) is 0 Å². The van der Waals surface area contributed by atoms with E-state index in [0.29, 0.717) is 5.69 Å². The van der Waals surface area contributed by atoms with Gasteiger partial charge >= 0.3 is 6.18 Å². The number of benzene rings is 1. The predicted octanol–water partition coefficient (Wildman–Crippen LogP) is 3.95. The maximum Gasteiger partial charge on any atom is 0.391 e. The highest BCUT2D eigenvalue weighted by molar-refractivity contribution is 9.10. The molecule has 0 aliphatic carbocycles. The second kappa shape index (κ2) is 5.19. The first-order chi connectivity index (χ1) is 8.79. The zero-order valence-corrected chi connectivity index (χ0v) is 11.6. The Morgan fingerprint density at radius 3 is 2.32 bits per heavy atom. The first-order valence-electron chi connectivity index (χ1n) is 5.85. The molecule has 2 N–H and O–H groups in total. The average Bonchev–Trinajstić information content (AvgIpc) is 2.33. The minimum atomic E-state index is -4.14. The molecule has 1 aromatic rings. The molecule has 0 bridgehead atoms. The minimum absolute atomic E-state index is 0.0396. The quantitative estimate of drug-likeness (QED) is 0.619. The minimum Gasteiger partial charge on any atom is -0.397 e. The van der Waals surface area contributed by atoms with Crippen LogP contribution >= 0.6 is 15.9 Å². The largest absolute Gasteiger partial charge is 0.397 e. The van der Waals surface area contributed by atoms with Crippen molar-refractivity contribution in [2.24, 2.45) is 5.92 Å². The van der Waals surface area contributed by atoms with Gasteiger partial charge in [0, 0.05) is 19.2 Å². The summed E-state index contributed by atoms with van der Waals surface area (Å²) < 4.78 is 51.2. The highest BCUT2D eigenvalue weighted by atomic mass is 79.9. The van der Waals surface area contributed by atoms with Gasteiger partial charge in [-0.05, 0) is 34.8 Å². The zero-order chi connectivity index (χ0) is 14.2. The van der Waals surface area contributed by atoms with E-state index < -0.39 is 17.9 Å². The van der Waals surface area contributed by atoms with Crippen LogP contribution in [0, 0.1) is 11.7 Å². The lowest BCUT2D eigenvalue weighted by atomic mass is 9.96. The summed E-state index contributed by atoms with van der Waals surface area (Å²) in [6, 6.07) is 2.69. The number of nitrogens with two attached hydrogens (primary N) is 1. The molecule has 1 saturated heterocycles. The maximum atomic E-state index is 13.3. The summed E-state index contributed by atoms with van der Waals surface area (Å²) in [4.78, 5) is 1.77. The molecule has 1 aromatic carbocycles. The molecule has 0 saturated carbocycles. The number of nitrogens with zero attached hydrogens (tertiary/aromatic N) is 1. The maximum absolute atomic E-state index is 13.3. The molecule has 2 rings (SSSR count). The van der Waals surface area contributed by atoms with Crippen molar-refractivity contribution < 1.29 is 17.6 Å². The van der Waals surface area contributed by atoms with E-state index in [9.17, 15) is 17.6 Å². The Balaban J connectivity index is 2.12. The highest BCUT2D eigenvalue weighted by Crippen LogP contribution is 2.37. The molecule has 19 heavy (non-hydrogen) atoms. The Bertz CT molecular complexity index is 468. The molecule has 0 spiro atoms. The summed E-state index contributed by atoms with van der Waals surface area (Å²) in [7, 11) is 0. The Morgan fingerprint density at radius 1 is 1.21 bits per heavy atom. The van der Waals surface area contributed by atoms with Gasteiger partial charge in [0.25, 0.3) is 0 Å². The molecular formula is C12H13BrF4N2. The first-order valence-corrected chi connectivity index (χ1v) is 6.64. The van der Waals surface area contributed by atoms with Gasteiger partial charge in [-0.2, -0.15) is 13.2 Å². The van der Waals surface area contributed by atoms with Gasteiger partial charge in [-0.3, -0.25) is 0 Å². The first kappa shape index (κ1) is 14.4. The number of hydrogen-bond acceptors (Lipinski definition) is 2. The van der Waals surface area contributed by atoms with Crippen LogP contribution in [0.5, 0.6) is 0 Å². The highest BCUT2D eigenvalue weighted by Gasteiger charge is 2.41. The van der Waals surface area contributed by atoms with Crippen molar-refractivity contribution in [1.29, 1.82) is 0 Å². The van der Waals surface area contributed by atoms with Crippen LogP contribution in [0.4, 0.5) is 28.9 Å². The summed E-state index contributed by atoms with van der Waals surface area (Å²) in [6.45, 7) is 0.541. The van der Waals surface area contributed by atoms with E-state index in [1.54, 1.807) is 4.90 Å². The van der Waals surface area contributed by atoms with E-state index in [1.807, 2.05) is 0 Å². The molecule has 1 fully saturated rings. The van der Waals surface area contributed by atoms with Gasteiger partial charge in [-0.1, -0.05) is 0 Å². The summed E-state index contributed by atoms with van der Waals surface area (Å²) in [5.74, 6) is -1.74. The molecule has 1 heterocycles. The molecule has 0 atom stereocenters. The SMILES string of the molecule is Nc1cc(F)c(Br)cc1N1CCC(C(F)(F)F)CC1. The number of hydrogen-bond donors (Lipinski definition) is 1. The van der Waals surface area contributed by atoms with Gasteiger partial charge in [0.15, 0.2) is 0 Å². The van der Waals surface area contributed by atoms with Gasteiger partial charge in [0.1, 0.15) is 5.82 Å². The second-order valence-corrected chi connectivity index (χ2v) is 5.48. The molecule has 0 aromatic heterocycles. The molecule has 7 heteroatoms. The Kier molecular flexibility index (Phi) is 3.94. The van der Waals surface area contributed by atoms with Crippen molar-refractivity contribution in [3.05, 3.63) is 22.4 Å². The van der Waals surface area contributed by atoms with Crippen LogP contribution in [0.15, 0.2) is 16.6 Å². The van der Waals surface area contributed by atoms with Crippen LogP contribution in [0.1, 0.15) is 12.8 Å². The monoisotopic (exact) mass is 340 g/mol. The van der Waals surface area contributed by atoms with E-state index in [0.717, 1.165) is 0 Å². The fraction of sp³-hybridized carbons (Fsp3) is 0.500. The van der Waals surface area contributed by atoms with Crippen LogP contribution in [-0.4, -0.2) is 19.3 Å². The Morgan fingerprint density at radius 2 is 1.79 bits per heavy atom. The number of anilines is 2. The lowest BCUT2D eigenvalue weighted by Crippen LogP contribution is -2.39. The summed E-state index contributed by atoms with van der Waals surface area (Å²) in [6.07, 6.45) is -4.06. The molecule has 2 nitrogen and oxygen atoms in total. The average molecular weight is 341 g/mol. The normalized spacial score (nSPS) is 17.8. The van der Waals surface area contributed by atoms with Crippen molar-refractivity contribution in [3.63, 3.8) is 0 Å². The van der Waals surface area contributed by atoms with E-state index in [1.165, 1.54) is 12.1 Å². The lowest BCUT2D eigenvalue weighted by molar-refractivity contribution is -0.179. The lowest BCUT2D eigenvalue weighted by Gasteiger charge is -2.35. The molecule has 0 radical (unpaired) electrons. The summed E-state index contributed by atoms with van der Waals surface area (Å²) in [5.41, 5.74) is 6.54.